The van der Waals surface area contributed by atoms with Gasteiger partial charge in [-0.2, -0.15) is 0 Å². The molecule has 0 bridgehead atoms. The number of methoxy groups -OCH3 is 1. The SMILES string of the molecule is C=C(C)CCOc1ccc([C@H](C)O)cc1OC. The first-order chi connectivity index (χ1) is 8.04. The Hall–Kier alpha value is -1.48. The highest BCUT2D eigenvalue weighted by Crippen LogP contribution is 2.30. The summed E-state index contributed by atoms with van der Waals surface area (Å²) >= 11 is 0. The highest BCUT2D eigenvalue weighted by molar-refractivity contribution is 5.43. The third-order valence-electron chi connectivity index (χ3n) is 2.46. The van der Waals surface area contributed by atoms with Gasteiger partial charge in [0.25, 0.3) is 0 Å². The van der Waals surface area contributed by atoms with Crippen molar-refractivity contribution in [2.45, 2.75) is 26.4 Å². The Labute approximate surface area is 103 Å². The molecule has 0 aliphatic rings. The average molecular weight is 236 g/mol. The maximum absolute atomic E-state index is 9.48. The first kappa shape index (κ1) is 13.6. The average Bonchev–Trinajstić information content (AvgIpc) is 2.28. The van der Waals surface area contributed by atoms with Crippen molar-refractivity contribution in [3.05, 3.63) is 35.9 Å². The third kappa shape index (κ3) is 4.11. The molecule has 0 saturated heterocycles. The molecule has 17 heavy (non-hydrogen) atoms. The summed E-state index contributed by atoms with van der Waals surface area (Å²) in [7, 11) is 1.59. The molecule has 1 aromatic carbocycles. The zero-order valence-electron chi connectivity index (χ0n) is 10.7. The van der Waals surface area contributed by atoms with Crippen LogP contribution in [0.2, 0.25) is 0 Å². The molecule has 0 aliphatic carbocycles. The number of aliphatic hydroxyl groups is 1. The van der Waals surface area contributed by atoms with E-state index in [9.17, 15) is 5.11 Å². The molecule has 0 saturated carbocycles. The molecule has 1 aromatic rings. The minimum Gasteiger partial charge on any atom is -0.493 e. The van der Waals surface area contributed by atoms with E-state index in [0.717, 1.165) is 17.6 Å². The van der Waals surface area contributed by atoms with Gasteiger partial charge in [-0.05, 0) is 31.5 Å². The minimum atomic E-state index is -0.506. The molecule has 0 radical (unpaired) electrons. The lowest BCUT2D eigenvalue weighted by Gasteiger charge is -2.13. The molecule has 0 spiro atoms. The Balaban J connectivity index is 2.74. The van der Waals surface area contributed by atoms with Crippen LogP contribution in [0.25, 0.3) is 0 Å². The van der Waals surface area contributed by atoms with E-state index < -0.39 is 6.10 Å². The van der Waals surface area contributed by atoms with Crippen molar-refractivity contribution in [2.24, 2.45) is 0 Å². The van der Waals surface area contributed by atoms with E-state index >= 15 is 0 Å². The van der Waals surface area contributed by atoms with E-state index in [2.05, 4.69) is 6.58 Å². The van der Waals surface area contributed by atoms with Gasteiger partial charge in [0.1, 0.15) is 0 Å². The van der Waals surface area contributed by atoms with Gasteiger partial charge in [-0.15, -0.1) is 6.58 Å². The monoisotopic (exact) mass is 236 g/mol. The second-order valence-electron chi connectivity index (χ2n) is 4.14. The normalized spacial score (nSPS) is 12.0. The number of hydrogen-bond acceptors (Lipinski definition) is 3. The van der Waals surface area contributed by atoms with Crippen molar-refractivity contribution in [1.82, 2.24) is 0 Å². The van der Waals surface area contributed by atoms with Gasteiger partial charge < -0.3 is 14.6 Å². The zero-order chi connectivity index (χ0) is 12.8. The lowest BCUT2D eigenvalue weighted by molar-refractivity contribution is 0.198. The first-order valence-electron chi connectivity index (χ1n) is 5.67. The van der Waals surface area contributed by atoms with E-state index in [1.54, 1.807) is 20.1 Å². The Bertz CT molecular complexity index is 383. The maximum atomic E-state index is 9.48. The first-order valence-corrected chi connectivity index (χ1v) is 5.67. The maximum Gasteiger partial charge on any atom is 0.161 e. The molecular formula is C14H20O3. The Morgan fingerprint density at radius 2 is 2.12 bits per heavy atom. The van der Waals surface area contributed by atoms with Crippen LogP contribution in [0.3, 0.4) is 0 Å². The van der Waals surface area contributed by atoms with Gasteiger partial charge in [-0.3, -0.25) is 0 Å². The summed E-state index contributed by atoms with van der Waals surface area (Å²) in [6.45, 7) is 8.09. The summed E-state index contributed by atoms with van der Waals surface area (Å²) in [4.78, 5) is 0. The molecule has 0 aliphatic heterocycles. The van der Waals surface area contributed by atoms with Gasteiger partial charge in [0.05, 0.1) is 19.8 Å². The molecule has 0 unspecified atom stereocenters. The van der Waals surface area contributed by atoms with E-state index in [-0.39, 0.29) is 0 Å². The van der Waals surface area contributed by atoms with Crippen molar-refractivity contribution in [3.63, 3.8) is 0 Å². The molecule has 3 nitrogen and oxygen atoms in total. The van der Waals surface area contributed by atoms with Gasteiger partial charge in [0.15, 0.2) is 11.5 Å². The van der Waals surface area contributed by atoms with Gasteiger partial charge >= 0.3 is 0 Å². The van der Waals surface area contributed by atoms with Gasteiger partial charge in [-0.1, -0.05) is 11.6 Å². The van der Waals surface area contributed by atoms with Crippen LogP contribution in [0.15, 0.2) is 30.4 Å². The molecule has 1 atom stereocenters. The summed E-state index contributed by atoms with van der Waals surface area (Å²) in [5, 5.41) is 9.48. The van der Waals surface area contributed by atoms with Crippen LogP contribution in [0.4, 0.5) is 0 Å². The van der Waals surface area contributed by atoms with Crippen molar-refractivity contribution in [1.29, 1.82) is 0 Å². The summed E-state index contributed by atoms with van der Waals surface area (Å²) in [5.74, 6) is 1.34. The molecule has 0 heterocycles. The summed E-state index contributed by atoms with van der Waals surface area (Å²) in [5.41, 5.74) is 1.90. The van der Waals surface area contributed by atoms with E-state index in [1.807, 2.05) is 19.1 Å². The number of hydrogen-bond donors (Lipinski definition) is 1. The molecule has 1 rings (SSSR count). The third-order valence-corrected chi connectivity index (χ3v) is 2.46. The summed E-state index contributed by atoms with van der Waals surface area (Å²) in [6.07, 6.45) is 0.315. The molecular weight excluding hydrogens is 216 g/mol. The zero-order valence-corrected chi connectivity index (χ0v) is 10.7. The summed E-state index contributed by atoms with van der Waals surface area (Å²) < 4.78 is 10.8. The Morgan fingerprint density at radius 3 is 2.65 bits per heavy atom. The molecule has 0 aromatic heterocycles. The molecule has 94 valence electrons. The predicted octanol–water partition coefficient (Wildman–Crippen LogP) is 3.09. The fraction of sp³-hybridized carbons (Fsp3) is 0.429. The van der Waals surface area contributed by atoms with Crippen molar-refractivity contribution >= 4 is 0 Å². The summed E-state index contributed by atoms with van der Waals surface area (Å²) in [6, 6.07) is 5.45. The molecule has 0 amide bonds. The lowest BCUT2D eigenvalue weighted by Crippen LogP contribution is -2.01. The van der Waals surface area contributed by atoms with Gasteiger partial charge in [0.2, 0.25) is 0 Å². The molecule has 0 fully saturated rings. The van der Waals surface area contributed by atoms with Crippen LogP contribution in [0.5, 0.6) is 11.5 Å². The van der Waals surface area contributed by atoms with Crippen LogP contribution in [0, 0.1) is 0 Å². The number of aliphatic hydroxyl groups excluding tert-OH is 1. The predicted molar refractivity (Wildman–Crippen MR) is 68.6 cm³/mol. The van der Waals surface area contributed by atoms with E-state index in [0.29, 0.717) is 18.1 Å². The number of ether oxygens (including phenoxy) is 2. The quantitative estimate of drug-likeness (QED) is 0.771. The van der Waals surface area contributed by atoms with Crippen LogP contribution < -0.4 is 9.47 Å². The molecule has 1 N–H and O–H groups in total. The number of rotatable bonds is 6. The Morgan fingerprint density at radius 1 is 1.41 bits per heavy atom. The van der Waals surface area contributed by atoms with E-state index in [1.165, 1.54) is 0 Å². The van der Waals surface area contributed by atoms with Crippen molar-refractivity contribution < 1.29 is 14.6 Å². The molecule has 3 heteroatoms. The van der Waals surface area contributed by atoms with Crippen LogP contribution in [-0.2, 0) is 0 Å². The van der Waals surface area contributed by atoms with Gasteiger partial charge in [0, 0.05) is 6.42 Å². The number of benzene rings is 1. The fourth-order valence-corrected chi connectivity index (χ4v) is 1.40. The largest absolute Gasteiger partial charge is 0.493 e. The highest BCUT2D eigenvalue weighted by Gasteiger charge is 2.08. The lowest BCUT2D eigenvalue weighted by atomic mass is 10.1. The van der Waals surface area contributed by atoms with Crippen LogP contribution in [-0.4, -0.2) is 18.8 Å². The second kappa shape index (κ2) is 6.30. The topological polar surface area (TPSA) is 38.7 Å². The fourth-order valence-electron chi connectivity index (χ4n) is 1.40. The highest BCUT2D eigenvalue weighted by atomic mass is 16.5. The standard InChI is InChI=1S/C14H20O3/c1-10(2)7-8-17-13-6-5-12(11(3)15)9-14(13)16-4/h5-6,9,11,15H,1,7-8H2,2-4H3/t11-/m0/s1. The smallest absolute Gasteiger partial charge is 0.161 e. The van der Waals surface area contributed by atoms with E-state index in [4.69, 9.17) is 9.47 Å². The Kier molecular flexibility index (Phi) is 5.04. The van der Waals surface area contributed by atoms with Crippen molar-refractivity contribution in [2.75, 3.05) is 13.7 Å². The van der Waals surface area contributed by atoms with Crippen molar-refractivity contribution in [3.8, 4) is 11.5 Å². The van der Waals surface area contributed by atoms with Crippen LogP contribution in [0.1, 0.15) is 31.9 Å². The second-order valence-corrected chi connectivity index (χ2v) is 4.14. The minimum absolute atomic E-state index is 0.506. The van der Waals surface area contributed by atoms with Crippen LogP contribution >= 0.6 is 0 Å². The van der Waals surface area contributed by atoms with Gasteiger partial charge in [-0.25, -0.2) is 0 Å².